The molecule has 9 N–H and O–H groups in total. The summed E-state index contributed by atoms with van der Waals surface area (Å²) < 4.78 is 81.7. The van der Waals surface area contributed by atoms with Gasteiger partial charge in [-0.15, -0.1) is 0 Å². The zero-order valence-electron chi connectivity index (χ0n) is 26.9. The third-order valence-corrected chi connectivity index (χ3v) is 12.2. The molecule has 0 saturated carbocycles. The minimum absolute atomic E-state index is 0.0106. The molecule has 0 aliphatic carbocycles. The average molecular weight is 818 g/mol. The Bertz CT molecular complexity index is 2170. The molecule has 53 heavy (non-hydrogen) atoms. The summed E-state index contributed by atoms with van der Waals surface area (Å²) in [6.45, 7) is -2.63. The summed E-state index contributed by atoms with van der Waals surface area (Å²) >= 11 is 0. The number of aryl methyl sites for hydroxylation is 1. The number of H-pyrrole nitrogens is 2. The number of imidazole rings is 1. The second-order valence-corrected chi connectivity index (χ2v) is 16.3. The van der Waals surface area contributed by atoms with E-state index < -0.39 is 96.9 Å². The zero-order chi connectivity index (χ0) is 38.9. The highest BCUT2D eigenvalue weighted by molar-refractivity contribution is 7.65. The average Bonchev–Trinajstić information content (AvgIpc) is 3.71. The molecular formula is C22H30FN10O17P3-2. The number of rotatable bonds is 12. The van der Waals surface area contributed by atoms with E-state index in [1.807, 2.05) is 0 Å². The molecule has 11 atom stereocenters. The van der Waals surface area contributed by atoms with Gasteiger partial charge in [-0.3, -0.25) is 37.8 Å². The minimum atomic E-state index is -6.40. The third kappa shape index (κ3) is 7.75. The highest BCUT2D eigenvalue weighted by atomic mass is 31.3. The monoisotopic (exact) mass is 818 g/mol. The lowest BCUT2D eigenvalue weighted by Crippen LogP contribution is -2.46. The lowest BCUT2D eigenvalue weighted by atomic mass is 10.1. The van der Waals surface area contributed by atoms with Crippen molar-refractivity contribution in [2.45, 2.75) is 49.1 Å². The molecule has 0 amide bonds. The van der Waals surface area contributed by atoms with Crippen LogP contribution in [0.1, 0.15) is 6.23 Å². The van der Waals surface area contributed by atoms with Gasteiger partial charge < -0.3 is 69.8 Å². The molecule has 0 aromatic carbocycles. The number of phosphoric acid groups is 3. The first-order valence-corrected chi connectivity index (χ1v) is 19.2. The molecule has 0 radical (unpaired) electrons. The van der Waals surface area contributed by atoms with Crippen molar-refractivity contribution in [1.29, 1.82) is 0 Å². The number of aliphatic hydroxyl groups excluding tert-OH is 3. The van der Waals surface area contributed by atoms with E-state index in [0.29, 0.717) is 0 Å². The number of aromatic nitrogens is 6. The Balaban J connectivity index is 1.04. The number of halogens is 1. The van der Waals surface area contributed by atoms with Crippen LogP contribution in [-0.2, 0) is 47.9 Å². The van der Waals surface area contributed by atoms with Crippen LogP contribution >= 0.6 is 23.5 Å². The van der Waals surface area contributed by atoms with E-state index in [4.69, 9.17) is 20.9 Å². The first-order valence-electron chi connectivity index (χ1n) is 14.9. The number of phosphoric ester groups is 2. The fraction of sp³-hybridized carbons (Fsp3) is 0.591. The number of nitrogens with zero attached hydrogens (tertiary/aromatic N) is 6. The number of ether oxygens (including phenoxy) is 2. The maximum absolute atomic E-state index is 15.1. The van der Waals surface area contributed by atoms with E-state index in [1.165, 1.54) is 29.9 Å². The van der Waals surface area contributed by atoms with Crippen molar-refractivity contribution < 1.29 is 79.8 Å². The van der Waals surface area contributed by atoms with Crippen molar-refractivity contribution >= 4 is 58.0 Å². The lowest BCUT2D eigenvalue weighted by molar-refractivity contribution is -0.745. The number of nitrogens with two attached hydrogens (primary N) is 2. The topological polar surface area (TPSA) is 395 Å². The van der Waals surface area contributed by atoms with E-state index in [9.17, 15) is 53.3 Å². The molecule has 0 bridgehead atoms. The number of anilines is 4. The molecule has 6 heterocycles. The number of alkyl halides is 1. The number of nitrogens with one attached hydrogen (secondary N) is 2. The predicted octanol–water partition coefficient (Wildman–Crippen LogP) is -5.77. The first kappa shape index (κ1) is 39.3. The van der Waals surface area contributed by atoms with Crippen LogP contribution in [0.4, 0.5) is 27.8 Å². The Kier molecular flexibility index (Phi) is 10.4. The van der Waals surface area contributed by atoms with Gasteiger partial charge in [0.1, 0.15) is 36.2 Å². The molecule has 3 aliphatic heterocycles. The summed E-state index contributed by atoms with van der Waals surface area (Å²) in [7, 11) is -15.6. The standard InChI is InChI=1S/C22H32FN10O17P3/c1-30-5-32(15-10(30)17(37)28-21(24)26-15)19-9(23)12(34)7(47-19)3-45-51(39,40)49-53(43,44)50-52(41,42)46-4-8-13(35)14(36)20(48-8)33-6-31(2)11-16(33)27-22(25)29-18(11)38/h6-9,12-14,19-20,34-36H,3-5H2,1-2H3,(H8-,24,25,26,27,28,29,37,38,39,40,41,42,43,44)/p-2/t7-,8-,9?,12?,13+,14?,19-,20-/m1/s1. The van der Waals surface area contributed by atoms with E-state index in [1.54, 1.807) is 0 Å². The Hall–Kier alpha value is -3.43. The van der Waals surface area contributed by atoms with E-state index >= 15 is 4.39 Å². The van der Waals surface area contributed by atoms with Crippen LogP contribution in [-0.4, -0.2) is 110 Å². The van der Waals surface area contributed by atoms with Crippen molar-refractivity contribution in [2.24, 2.45) is 7.05 Å². The Morgan fingerprint density at radius 1 is 0.925 bits per heavy atom. The summed E-state index contributed by atoms with van der Waals surface area (Å²) in [5.74, 6) is -0.734. The fourth-order valence-corrected chi connectivity index (χ4v) is 9.25. The molecule has 6 rings (SSSR count). The maximum atomic E-state index is 15.1. The van der Waals surface area contributed by atoms with Crippen molar-refractivity contribution in [2.75, 3.05) is 48.2 Å². The molecule has 294 valence electrons. The van der Waals surface area contributed by atoms with Crippen molar-refractivity contribution in [3.8, 4) is 0 Å². The Labute approximate surface area is 293 Å². The molecule has 6 unspecified atom stereocenters. The second-order valence-electron chi connectivity index (χ2n) is 11.8. The van der Waals surface area contributed by atoms with Gasteiger partial charge in [-0.25, -0.2) is 17.6 Å². The van der Waals surface area contributed by atoms with Crippen LogP contribution < -0.4 is 51.6 Å². The Morgan fingerprint density at radius 3 is 2.11 bits per heavy atom. The third-order valence-electron chi connectivity index (χ3n) is 8.11. The van der Waals surface area contributed by atoms with Crippen molar-refractivity contribution in [3.63, 3.8) is 0 Å². The number of hydrogen-bond donors (Lipinski definition) is 7. The molecule has 27 nitrogen and oxygen atoms in total. The van der Waals surface area contributed by atoms with Gasteiger partial charge in [0.2, 0.25) is 17.7 Å². The molecule has 31 heteroatoms. The summed E-state index contributed by atoms with van der Waals surface area (Å²) in [6, 6.07) is 0. The van der Waals surface area contributed by atoms with Crippen LogP contribution in [0.25, 0.3) is 11.2 Å². The van der Waals surface area contributed by atoms with Crippen molar-refractivity contribution in [1.82, 2.24) is 24.5 Å². The SMILES string of the molecule is CN1CN([C@@H]2O[C@H](COP(=O)([O-])OP(=O)([O-])OP(=O)([O-])OC[C@H]3O[C@@H]([n+]4cn(C)c5c(=O)[nH]c(N)nc54)C(O)[C@H]3O)C(O)C2F)c2nc(N)[nH]c(=O)c21. The number of aliphatic hydroxyl groups is 3. The molecule has 3 aromatic rings. The highest BCUT2D eigenvalue weighted by Crippen LogP contribution is 2.63. The van der Waals surface area contributed by atoms with Gasteiger partial charge in [0.15, 0.2) is 24.5 Å². The van der Waals surface area contributed by atoms with Gasteiger partial charge in [0.05, 0.1) is 26.9 Å². The van der Waals surface area contributed by atoms with Crippen molar-refractivity contribution in [3.05, 3.63) is 27.0 Å². The molecular weight excluding hydrogens is 788 g/mol. The highest BCUT2D eigenvalue weighted by Gasteiger charge is 2.51. The lowest BCUT2D eigenvalue weighted by Gasteiger charge is -2.34. The number of fused-ring (bicyclic) bond motifs is 2. The van der Waals surface area contributed by atoms with Gasteiger partial charge in [0.25, 0.3) is 40.5 Å². The van der Waals surface area contributed by atoms with E-state index in [2.05, 4.69) is 37.6 Å². The number of hydrogen-bond acceptors (Lipinski definition) is 23. The summed E-state index contributed by atoms with van der Waals surface area (Å²) in [5, 5.41) is 31.4. The first-order chi connectivity index (χ1) is 24.6. The van der Waals surface area contributed by atoms with Gasteiger partial charge >= 0.3 is 5.65 Å². The van der Waals surface area contributed by atoms with Gasteiger partial charge in [-0.2, -0.15) is 4.98 Å². The molecule has 3 aromatic heterocycles. The summed E-state index contributed by atoms with van der Waals surface area (Å²) in [6.07, 6.45) is -13.4. The second kappa shape index (κ2) is 14.0. The molecule has 2 saturated heterocycles. The van der Waals surface area contributed by atoms with E-state index in [0.717, 1.165) is 9.47 Å². The zero-order valence-corrected chi connectivity index (χ0v) is 29.6. The predicted molar refractivity (Wildman–Crippen MR) is 163 cm³/mol. The van der Waals surface area contributed by atoms with Crippen LogP contribution in [0.15, 0.2) is 15.9 Å². The van der Waals surface area contributed by atoms with Gasteiger partial charge in [-0.05, 0) is 0 Å². The summed E-state index contributed by atoms with van der Waals surface area (Å²) in [4.78, 5) is 76.4. The molecule has 0 spiro atoms. The van der Waals surface area contributed by atoms with Crippen LogP contribution in [0.5, 0.6) is 0 Å². The van der Waals surface area contributed by atoms with Crippen LogP contribution in [0.2, 0.25) is 0 Å². The number of aromatic amines is 2. The van der Waals surface area contributed by atoms with Crippen LogP contribution in [0.3, 0.4) is 0 Å². The fourth-order valence-electron chi connectivity index (χ4n) is 5.86. The van der Waals surface area contributed by atoms with Gasteiger partial charge in [-0.1, -0.05) is 4.98 Å². The summed E-state index contributed by atoms with van der Waals surface area (Å²) in [5.41, 5.74) is 9.73. The largest absolute Gasteiger partial charge is 0.756 e. The smallest absolute Gasteiger partial charge is 0.313 e. The van der Waals surface area contributed by atoms with Gasteiger partial charge in [0, 0.05) is 7.05 Å². The molecule has 2 fully saturated rings. The quantitative estimate of drug-likeness (QED) is 0.0661. The van der Waals surface area contributed by atoms with Crippen LogP contribution in [0, 0.1) is 0 Å². The van der Waals surface area contributed by atoms with E-state index in [-0.39, 0.29) is 41.2 Å². The maximum Gasteiger partial charge on any atom is 0.313 e. The molecule has 3 aliphatic rings. The minimum Gasteiger partial charge on any atom is -0.756 e. The Morgan fingerprint density at radius 2 is 1.49 bits per heavy atom. The number of nitrogen functional groups attached to an aromatic ring is 2. The normalized spacial score (nSPS) is 30.7.